The van der Waals surface area contributed by atoms with Crippen molar-refractivity contribution in [1.82, 2.24) is 14.9 Å². The lowest BCUT2D eigenvalue weighted by Crippen LogP contribution is -2.19. The van der Waals surface area contributed by atoms with Gasteiger partial charge in [0.25, 0.3) is 0 Å². The van der Waals surface area contributed by atoms with Crippen LogP contribution in [-0.2, 0) is 0 Å². The molecule has 0 spiro atoms. The van der Waals surface area contributed by atoms with E-state index in [1.165, 1.54) is 23.7 Å². The molecule has 0 fully saturated rings. The first-order valence-corrected chi connectivity index (χ1v) is 5.45. The third-order valence-electron chi connectivity index (χ3n) is 2.23. The number of aromatic nitrogens is 2. The molecule has 1 aromatic carbocycles. The summed E-state index contributed by atoms with van der Waals surface area (Å²) in [5, 5.41) is 8.52. The van der Waals surface area contributed by atoms with E-state index in [1.54, 1.807) is 12.4 Å². The molecule has 0 aliphatic rings. The summed E-state index contributed by atoms with van der Waals surface area (Å²) in [7, 11) is 1.69. The maximum atomic E-state index is 13.6. The van der Waals surface area contributed by atoms with E-state index in [0.29, 0.717) is 11.3 Å². The molecule has 2 rings (SSSR count). The van der Waals surface area contributed by atoms with Crippen molar-refractivity contribution in [2.24, 2.45) is 0 Å². The summed E-state index contributed by atoms with van der Waals surface area (Å²) < 4.78 is 30.0. The molecular weight excluding hydrogens is 232 g/mol. The van der Waals surface area contributed by atoms with Gasteiger partial charge in [0.15, 0.2) is 0 Å². The Morgan fingerprint density at radius 1 is 1.38 bits per heavy atom. The summed E-state index contributed by atoms with van der Waals surface area (Å²) in [6.07, 6.45) is 0. The first kappa shape index (κ1) is 11.1. The fourth-order valence-corrected chi connectivity index (χ4v) is 1.98. The van der Waals surface area contributed by atoms with E-state index in [2.05, 4.69) is 14.9 Å². The summed E-state index contributed by atoms with van der Waals surface area (Å²) >= 11 is 1.19. The predicted molar refractivity (Wildman–Crippen MR) is 57.2 cm³/mol. The standard InChI is InChI=1S/C10H9F2N3S/c1-13-10(9-5-16-15-14-9)7-3-2-6(11)4-8(7)12/h2-5,10,13H,1H3. The molecular formula is C10H9F2N3S. The van der Waals surface area contributed by atoms with Crippen LogP contribution in [0.3, 0.4) is 0 Å². The Labute approximate surface area is 95.3 Å². The number of benzene rings is 1. The molecule has 6 heteroatoms. The lowest BCUT2D eigenvalue weighted by Gasteiger charge is -2.14. The first-order chi connectivity index (χ1) is 7.72. The van der Waals surface area contributed by atoms with Gasteiger partial charge in [-0.05, 0) is 24.6 Å². The van der Waals surface area contributed by atoms with Crippen LogP contribution in [-0.4, -0.2) is 16.6 Å². The highest BCUT2D eigenvalue weighted by Crippen LogP contribution is 2.23. The van der Waals surface area contributed by atoms with E-state index in [-0.39, 0.29) is 0 Å². The van der Waals surface area contributed by atoms with Crippen LogP contribution >= 0.6 is 11.5 Å². The zero-order valence-corrected chi connectivity index (χ0v) is 9.26. The lowest BCUT2D eigenvalue weighted by atomic mass is 10.0. The molecule has 2 aromatic rings. The smallest absolute Gasteiger partial charge is 0.131 e. The minimum Gasteiger partial charge on any atom is -0.308 e. The lowest BCUT2D eigenvalue weighted by molar-refractivity contribution is 0.548. The number of halogens is 2. The average molecular weight is 241 g/mol. The molecule has 3 nitrogen and oxygen atoms in total. The molecule has 1 unspecified atom stereocenters. The fourth-order valence-electron chi connectivity index (χ4n) is 1.50. The Morgan fingerprint density at radius 2 is 2.19 bits per heavy atom. The predicted octanol–water partition coefficient (Wildman–Crippen LogP) is 2.13. The van der Waals surface area contributed by atoms with Crippen molar-refractivity contribution in [2.75, 3.05) is 7.05 Å². The summed E-state index contributed by atoms with van der Waals surface area (Å²) in [5.41, 5.74) is 0.981. The van der Waals surface area contributed by atoms with Crippen LogP contribution < -0.4 is 5.32 Å². The highest BCUT2D eigenvalue weighted by atomic mass is 32.1. The van der Waals surface area contributed by atoms with Crippen molar-refractivity contribution in [2.45, 2.75) is 6.04 Å². The molecule has 0 amide bonds. The Bertz CT molecular complexity index is 473. The quantitative estimate of drug-likeness (QED) is 0.894. The number of hydrogen-bond acceptors (Lipinski definition) is 4. The van der Waals surface area contributed by atoms with Gasteiger partial charge in [-0.2, -0.15) is 0 Å². The van der Waals surface area contributed by atoms with Crippen LogP contribution in [0.25, 0.3) is 0 Å². The van der Waals surface area contributed by atoms with E-state index in [4.69, 9.17) is 0 Å². The number of nitrogens with one attached hydrogen (secondary N) is 1. The van der Waals surface area contributed by atoms with E-state index < -0.39 is 17.7 Å². The van der Waals surface area contributed by atoms with E-state index >= 15 is 0 Å². The highest BCUT2D eigenvalue weighted by molar-refractivity contribution is 7.03. The molecule has 0 aliphatic heterocycles. The molecule has 1 aromatic heterocycles. The van der Waals surface area contributed by atoms with Crippen LogP contribution in [0, 0.1) is 11.6 Å². The van der Waals surface area contributed by atoms with Gasteiger partial charge in [0.05, 0.1) is 11.7 Å². The Hall–Kier alpha value is -1.40. The molecule has 1 N–H and O–H groups in total. The SMILES string of the molecule is CNC(c1csnn1)c1ccc(F)cc1F. The van der Waals surface area contributed by atoms with Crippen molar-refractivity contribution in [1.29, 1.82) is 0 Å². The van der Waals surface area contributed by atoms with Crippen LogP contribution in [0.2, 0.25) is 0 Å². The Kier molecular flexibility index (Phi) is 3.21. The van der Waals surface area contributed by atoms with E-state index in [1.807, 2.05) is 0 Å². The molecule has 16 heavy (non-hydrogen) atoms. The molecule has 0 saturated carbocycles. The van der Waals surface area contributed by atoms with Gasteiger partial charge in [0.1, 0.15) is 11.6 Å². The van der Waals surface area contributed by atoms with Crippen molar-refractivity contribution < 1.29 is 8.78 Å². The molecule has 84 valence electrons. The maximum Gasteiger partial charge on any atom is 0.131 e. The number of nitrogens with zero attached hydrogens (tertiary/aromatic N) is 2. The Balaban J connectivity index is 2.41. The van der Waals surface area contributed by atoms with Crippen molar-refractivity contribution in [3.63, 3.8) is 0 Å². The van der Waals surface area contributed by atoms with E-state index in [9.17, 15) is 8.78 Å². The van der Waals surface area contributed by atoms with Crippen LogP contribution in [0.4, 0.5) is 8.78 Å². The minimum absolute atomic E-state index is 0.358. The van der Waals surface area contributed by atoms with Crippen molar-refractivity contribution >= 4 is 11.5 Å². The zero-order valence-electron chi connectivity index (χ0n) is 8.45. The van der Waals surface area contributed by atoms with Gasteiger partial charge in [0.2, 0.25) is 0 Å². The second kappa shape index (κ2) is 4.63. The molecule has 0 aliphatic carbocycles. The van der Waals surface area contributed by atoms with Gasteiger partial charge in [-0.3, -0.25) is 0 Å². The van der Waals surface area contributed by atoms with Crippen LogP contribution in [0.15, 0.2) is 23.6 Å². The third-order valence-corrected chi connectivity index (χ3v) is 2.76. The third kappa shape index (κ3) is 2.07. The van der Waals surface area contributed by atoms with Gasteiger partial charge in [0, 0.05) is 17.0 Å². The molecule has 0 radical (unpaired) electrons. The largest absolute Gasteiger partial charge is 0.308 e. The van der Waals surface area contributed by atoms with Crippen LogP contribution in [0.1, 0.15) is 17.3 Å². The van der Waals surface area contributed by atoms with Gasteiger partial charge in [-0.1, -0.05) is 10.6 Å². The molecule has 1 atom stereocenters. The second-order valence-electron chi connectivity index (χ2n) is 3.22. The van der Waals surface area contributed by atoms with E-state index in [0.717, 1.165) is 6.07 Å². The summed E-state index contributed by atoms with van der Waals surface area (Å²) in [6, 6.07) is 3.09. The monoisotopic (exact) mass is 241 g/mol. The second-order valence-corrected chi connectivity index (χ2v) is 3.83. The average Bonchev–Trinajstić information content (AvgIpc) is 2.75. The number of hydrogen-bond donors (Lipinski definition) is 1. The molecule has 0 bridgehead atoms. The normalized spacial score (nSPS) is 12.7. The highest BCUT2D eigenvalue weighted by Gasteiger charge is 2.18. The summed E-state index contributed by atoms with van der Waals surface area (Å²) in [6.45, 7) is 0. The Morgan fingerprint density at radius 3 is 2.75 bits per heavy atom. The van der Waals surface area contributed by atoms with Gasteiger partial charge >= 0.3 is 0 Å². The topological polar surface area (TPSA) is 37.8 Å². The summed E-state index contributed by atoms with van der Waals surface area (Å²) in [4.78, 5) is 0. The summed E-state index contributed by atoms with van der Waals surface area (Å²) in [5.74, 6) is -1.18. The van der Waals surface area contributed by atoms with Gasteiger partial charge in [-0.15, -0.1) is 5.10 Å². The van der Waals surface area contributed by atoms with Crippen LogP contribution in [0.5, 0.6) is 0 Å². The zero-order chi connectivity index (χ0) is 11.5. The fraction of sp³-hybridized carbons (Fsp3) is 0.200. The van der Waals surface area contributed by atoms with Gasteiger partial charge < -0.3 is 5.32 Å². The molecule has 0 saturated heterocycles. The first-order valence-electron chi connectivity index (χ1n) is 4.61. The van der Waals surface area contributed by atoms with Gasteiger partial charge in [-0.25, -0.2) is 8.78 Å². The maximum absolute atomic E-state index is 13.6. The molecule has 1 heterocycles. The number of rotatable bonds is 3. The van der Waals surface area contributed by atoms with Crippen molar-refractivity contribution in [3.05, 3.63) is 46.5 Å². The van der Waals surface area contributed by atoms with Crippen molar-refractivity contribution in [3.8, 4) is 0 Å². The minimum atomic E-state index is -0.590.